The van der Waals surface area contributed by atoms with Crippen LogP contribution in [0.2, 0.25) is 5.02 Å². The first kappa shape index (κ1) is 12.0. The number of nitrogens with one attached hydrogen (secondary N) is 1. The number of nitrogens with two attached hydrogens (primary N) is 1. The van der Waals surface area contributed by atoms with E-state index in [2.05, 4.69) is 5.32 Å². The van der Waals surface area contributed by atoms with Crippen molar-refractivity contribution in [3.8, 4) is 0 Å². The molecular weight excluding hydrogens is 216 g/mol. The van der Waals surface area contributed by atoms with Gasteiger partial charge in [0, 0.05) is 17.3 Å². The van der Waals surface area contributed by atoms with Gasteiger partial charge < -0.3 is 16.2 Å². The van der Waals surface area contributed by atoms with Gasteiger partial charge in [-0.25, -0.2) is 0 Å². The van der Waals surface area contributed by atoms with E-state index in [0.717, 1.165) is 5.56 Å². The van der Waals surface area contributed by atoms with Gasteiger partial charge in [-0.05, 0) is 24.6 Å². The van der Waals surface area contributed by atoms with Gasteiger partial charge >= 0.3 is 0 Å². The normalized spacial score (nSPS) is 12.3. The van der Waals surface area contributed by atoms with E-state index in [0.29, 0.717) is 10.7 Å². The highest BCUT2D eigenvalue weighted by atomic mass is 35.5. The van der Waals surface area contributed by atoms with Gasteiger partial charge in [-0.2, -0.15) is 0 Å². The Hall–Kier alpha value is -1.10. The molecule has 0 bridgehead atoms. The second-order valence-electron chi connectivity index (χ2n) is 3.20. The van der Waals surface area contributed by atoms with Crippen molar-refractivity contribution in [2.24, 2.45) is 5.73 Å². The summed E-state index contributed by atoms with van der Waals surface area (Å²) in [6.07, 6.45) is -1.19. The van der Waals surface area contributed by atoms with Gasteiger partial charge in [-0.3, -0.25) is 4.79 Å². The number of rotatable bonds is 3. The van der Waals surface area contributed by atoms with E-state index >= 15 is 0 Å². The quantitative estimate of drug-likeness (QED) is 0.720. The van der Waals surface area contributed by atoms with Crippen molar-refractivity contribution in [2.75, 3.05) is 11.9 Å². The fourth-order valence-electron chi connectivity index (χ4n) is 1.00. The minimum absolute atomic E-state index is 0.106. The van der Waals surface area contributed by atoms with E-state index in [1.165, 1.54) is 0 Å². The van der Waals surface area contributed by atoms with Crippen molar-refractivity contribution < 1.29 is 9.90 Å². The zero-order valence-corrected chi connectivity index (χ0v) is 9.08. The molecule has 0 saturated carbocycles. The number of benzene rings is 1. The average Bonchev–Trinajstić information content (AvgIpc) is 2.22. The Kier molecular flexibility index (Phi) is 4.08. The molecule has 82 valence electrons. The van der Waals surface area contributed by atoms with Crippen LogP contribution in [-0.4, -0.2) is 23.7 Å². The van der Waals surface area contributed by atoms with Crippen LogP contribution in [0.3, 0.4) is 0 Å². The number of carbonyl (C=O) groups excluding carboxylic acids is 1. The number of amides is 1. The molecule has 0 aliphatic heterocycles. The molecule has 0 aliphatic carbocycles. The number of anilines is 1. The smallest absolute Gasteiger partial charge is 0.254 e. The van der Waals surface area contributed by atoms with Gasteiger partial charge in [-0.15, -0.1) is 0 Å². The first-order valence-corrected chi connectivity index (χ1v) is 4.87. The van der Waals surface area contributed by atoms with Gasteiger partial charge in [0.15, 0.2) is 0 Å². The molecule has 1 amide bonds. The Bertz CT molecular complexity index is 368. The molecule has 1 aromatic rings. The monoisotopic (exact) mass is 228 g/mol. The number of hydrogen-bond acceptors (Lipinski definition) is 3. The van der Waals surface area contributed by atoms with Crippen LogP contribution in [0, 0.1) is 6.92 Å². The summed E-state index contributed by atoms with van der Waals surface area (Å²) in [5, 5.41) is 12.2. The third-order valence-electron chi connectivity index (χ3n) is 1.97. The van der Waals surface area contributed by atoms with Gasteiger partial charge in [0.25, 0.3) is 5.91 Å². The Morgan fingerprint density at radius 1 is 1.67 bits per heavy atom. The molecule has 0 spiro atoms. The second kappa shape index (κ2) is 5.11. The van der Waals surface area contributed by atoms with E-state index in [9.17, 15) is 4.79 Å². The lowest BCUT2D eigenvalue weighted by Crippen LogP contribution is -2.34. The molecule has 0 aromatic heterocycles. The highest BCUT2D eigenvalue weighted by Crippen LogP contribution is 2.19. The van der Waals surface area contributed by atoms with Gasteiger partial charge in [-0.1, -0.05) is 17.7 Å². The van der Waals surface area contributed by atoms with Crippen LogP contribution in [0.1, 0.15) is 5.56 Å². The molecule has 5 heteroatoms. The third-order valence-corrected chi connectivity index (χ3v) is 2.37. The molecule has 1 rings (SSSR count). The number of aryl methyl sites for hydroxylation is 1. The predicted molar refractivity (Wildman–Crippen MR) is 59.9 cm³/mol. The maximum atomic E-state index is 11.3. The summed E-state index contributed by atoms with van der Waals surface area (Å²) < 4.78 is 0. The molecule has 15 heavy (non-hydrogen) atoms. The van der Waals surface area contributed by atoms with E-state index < -0.39 is 12.0 Å². The molecule has 0 aliphatic rings. The molecule has 4 nitrogen and oxygen atoms in total. The number of carbonyl (C=O) groups is 1. The third kappa shape index (κ3) is 3.20. The van der Waals surface area contributed by atoms with Crippen LogP contribution in [-0.2, 0) is 4.79 Å². The Morgan fingerprint density at radius 2 is 2.33 bits per heavy atom. The van der Waals surface area contributed by atoms with E-state index in [1.54, 1.807) is 18.2 Å². The zero-order chi connectivity index (χ0) is 11.4. The summed E-state index contributed by atoms with van der Waals surface area (Å²) in [5.41, 5.74) is 6.61. The minimum atomic E-state index is -1.19. The van der Waals surface area contributed by atoms with Crippen molar-refractivity contribution in [2.45, 2.75) is 13.0 Å². The number of hydrogen-bond donors (Lipinski definition) is 3. The SMILES string of the molecule is Cc1ccc(NC(=O)C(O)CN)cc1Cl. The Labute approximate surface area is 93.0 Å². The van der Waals surface area contributed by atoms with Crippen molar-refractivity contribution in [3.05, 3.63) is 28.8 Å². The highest BCUT2D eigenvalue weighted by molar-refractivity contribution is 6.31. The van der Waals surface area contributed by atoms with Crippen LogP contribution in [0.4, 0.5) is 5.69 Å². The van der Waals surface area contributed by atoms with E-state index in [4.69, 9.17) is 22.4 Å². The molecule has 0 saturated heterocycles. The van der Waals surface area contributed by atoms with Crippen molar-refractivity contribution in [3.63, 3.8) is 0 Å². The first-order valence-electron chi connectivity index (χ1n) is 4.49. The molecule has 0 radical (unpaired) electrons. The first-order chi connectivity index (χ1) is 7.04. The van der Waals surface area contributed by atoms with Crippen LogP contribution in [0.5, 0.6) is 0 Å². The summed E-state index contributed by atoms with van der Waals surface area (Å²) in [6, 6.07) is 5.12. The number of aliphatic hydroxyl groups is 1. The standard InChI is InChI=1S/C10H13ClN2O2/c1-6-2-3-7(4-8(6)11)13-10(15)9(14)5-12/h2-4,9,14H,5,12H2,1H3,(H,13,15). The van der Waals surface area contributed by atoms with Crippen LogP contribution in [0.15, 0.2) is 18.2 Å². The lowest BCUT2D eigenvalue weighted by Gasteiger charge is -2.09. The summed E-state index contributed by atoms with van der Waals surface area (Å²) in [5.74, 6) is -0.530. The van der Waals surface area contributed by atoms with Crippen LogP contribution in [0.25, 0.3) is 0 Å². The summed E-state index contributed by atoms with van der Waals surface area (Å²) >= 11 is 5.87. The summed E-state index contributed by atoms with van der Waals surface area (Å²) in [7, 11) is 0. The lowest BCUT2D eigenvalue weighted by atomic mass is 10.2. The Morgan fingerprint density at radius 3 is 2.87 bits per heavy atom. The predicted octanol–water partition coefficient (Wildman–Crippen LogP) is 0.907. The van der Waals surface area contributed by atoms with Gasteiger partial charge in [0.05, 0.1) is 0 Å². The largest absolute Gasteiger partial charge is 0.382 e. The maximum Gasteiger partial charge on any atom is 0.254 e. The Balaban J connectivity index is 2.73. The molecule has 1 unspecified atom stereocenters. The summed E-state index contributed by atoms with van der Waals surface area (Å²) in [6.45, 7) is 1.76. The highest BCUT2D eigenvalue weighted by Gasteiger charge is 2.12. The van der Waals surface area contributed by atoms with Gasteiger partial charge in [0.2, 0.25) is 0 Å². The minimum Gasteiger partial charge on any atom is -0.382 e. The molecule has 0 fully saturated rings. The second-order valence-corrected chi connectivity index (χ2v) is 3.61. The van der Waals surface area contributed by atoms with Crippen molar-refractivity contribution >= 4 is 23.2 Å². The van der Waals surface area contributed by atoms with E-state index in [-0.39, 0.29) is 6.54 Å². The van der Waals surface area contributed by atoms with Crippen LogP contribution < -0.4 is 11.1 Å². The molecule has 4 N–H and O–H groups in total. The topological polar surface area (TPSA) is 75.3 Å². The molecule has 1 aromatic carbocycles. The fraction of sp³-hybridized carbons (Fsp3) is 0.300. The molecule has 0 heterocycles. The zero-order valence-electron chi connectivity index (χ0n) is 8.33. The molecular formula is C10H13ClN2O2. The summed E-state index contributed by atoms with van der Waals surface area (Å²) in [4.78, 5) is 11.3. The van der Waals surface area contributed by atoms with E-state index in [1.807, 2.05) is 6.92 Å². The maximum absolute atomic E-state index is 11.3. The number of halogens is 1. The van der Waals surface area contributed by atoms with Crippen LogP contribution >= 0.6 is 11.6 Å². The van der Waals surface area contributed by atoms with Crippen molar-refractivity contribution in [1.82, 2.24) is 0 Å². The number of aliphatic hydroxyl groups excluding tert-OH is 1. The van der Waals surface area contributed by atoms with Crippen molar-refractivity contribution in [1.29, 1.82) is 0 Å². The van der Waals surface area contributed by atoms with Gasteiger partial charge in [0.1, 0.15) is 6.10 Å². The average molecular weight is 229 g/mol. The fourth-order valence-corrected chi connectivity index (χ4v) is 1.18. The lowest BCUT2D eigenvalue weighted by molar-refractivity contribution is -0.123. The molecule has 1 atom stereocenters.